The number of aliphatic imine (C=N–C) groups is 1. The minimum absolute atomic E-state index is 0.339. The molecule has 0 amide bonds. The monoisotopic (exact) mass is 260 g/mol. The summed E-state index contributed by atoms with van der Waals surface area (Å²) in [4.78, 5) is 4.61. The lowest BCUT2D eigenvalue weighted by Crippen LogP contribution is -2.51. The molecule has 1 atom stereocenters. The maximum Gasteiger partial charge on any atom is 0.208 e. The van der Waals surface area contributed by atoms with Crippen LogP contribution in [0.25, 0.3) is 0 Å². The molecule has 1 aliphatic carbocycles. The number of methoxy groups -OCH3 is 1. The van der Waals surface area contributed by atoms with Gasteiger partial charge in [-0.25, -0.2) is 4.99 Å². The Hall–Kier alpha value is -1.39. The van der Waals surface area contributed by atoms with Crippen molar-refractivity contribution in [1.82, 2.24) is 5.06 Å². The molecule has 1 aliphatic heterocycles. The first kappa shape index (κ1) is 12.6. The zero-order valence-electron chi connectivity index (χ0n) is 11.2. The van der Waals surface area contributed by atoms with Crippen molar-refractivity contribution in [2.75, 3.05) is 7.11 Å². The Labute approximate surface area is 113 Å². The molecular weight excluding hydrogens is 240 g/mol. The Morgan fingerprint density at radius 1 is 1.21 bits per heavy atom. The lowest BCUT2D eigenvalue weighted by atomic mass is 9.81. The van der Waals surface area contributed by atoms with Crippen molar-refractivity contribution < 1.29 is 9.94 Å². The van der Waals surface area contributed by atoms with Gasteiger partial charge in [0, 0.05) is 0 Å². The van der Waals surface area contributed by atoms with Gasteiger partial charge in [0.15, 0.2) is 6.17 Å². The summed E-state index contributed by atoms with van der Waals surface area (Å²) in [6, 6.07) is 9.89. The van der Waals surface area contributed by atoms with Crippen LogP contribution < -0.4 is 0 Å². The van der Waals surface area contributed by atoms with Gasteiger partial charge in [0.25, 0.3) is 0 Å². The zero-order valence-corrected chi connectivity index (χ0v) is 11.2. The highest BCUT2D eigenvalue weighted by Gasteiger charge is 2.51. The fraction of sp³-hybridized carbons (Fsp3) is 0.533. The molecule has 4 nitrogen and oxygen atoms in total. The van der Waals surface area contributed by atoms with Crippen molar-refractivity contribution in [2.24, 2.45) is 4.99 Å². The van der Waals surface area contributed by atoms with Crippen molar-refractivity contribution in [2.45, 2.75) is 43.8 Å². The molecule has 1 fully saturated rings. The van der Waals surface area contributed by atoms with Gasteiger partial charge in [0.1, 0.15) is 5.54 Å². The molecule has 2 aliphatic rings. The molecule has 0 radical (unpaired) electrons. The summed E-state index contributed by atoms with van der Waals surface area (Å²) < 4.78 is 5.47. The molecule has 3 rings (SSSR count). The largest absolute Gasteiger partial charge is 0.483 e. The van der Waals surface area contributed by atoms with Crippen LogP contribution in [-0.2, 0) is 4.74 Å². The maximum atomic E-state index is 10.7. The van der Waals surface area contributed by atoms with E-state index in [0.29, 0.717) is 5.90 Å². The van der Waals surface area contributed by atoms with Crippen molar-refractivity contribution in [1.29, 1.82) is 0 Å². The predicted octanol–water partition coefficient (Wildman–Crippen LogP) is 3.14. The van der Waals surface area contributed by atoms with Gasteiger partial charge in [-0.1, -0.05) is 49.6 Å². The number of hydrogen-bond acceptors (Lipinski definition) is 4. The average molecular weight is 260 g/mol. The summed E-state index contributed by atoms with van der Waals surface area (Å²) in [5, 5.41) is 12.1. The third kappa shape index (κ3) is 1.95. The Kier molecular flexibility index (Phi) is 3.29. The SMILES string of the molecule is COC1=NC(c2ccccc2)N(O)C12CCCCC2. The van der Waals surface area contributed by atoms with E-state index in [1.54, 1.807) is 7.11 Å². The van der Waals surface area contributed by atoms with Gasteiger partial charge in [-0.3, -0.25) is 0 Å². The molecular formula is C15H20N2O2. The van der Waals surface area contributed by atoms with Gasteiger partial charge in [-0.15, -0.1) is 5.06 Å². The first-order valence-corrected chi connectivity index (χ1v) is 6.93. The molecule has 102 valence electrons. The molecule has 0 bridgehead atoms. The summed E-state index contributed by atoms with van der Waals surface area (Å²) in [6.07, 6.45) is 4.94. The first-order chi connectivity index (χ1) is 9.28. The summed E-state index contributed by atoms with van der Waals surface area (Å²) in [5.41, 5.74) is 0.593. The Morgan fingerprint density at radius 3 is 2.53 bits per heavy atom. The molecule has 1 aromatic carbocycles. The highest BCUT2D eigenvalue weighted by atomic mass is 16.5. The van der Waals surface area contributed by atoms with Crippen molar-refractivity contribution in [3.05, 3.63) is 35.9 Å². The predicted molar refractivity (Wildman–Crippen MR) is 73.1 cm³/mol. The van der Waals surface area contributed by atoms with E-state index in [4.69, 9.17) is 4.74 Å². The number of hydrogen-bond donors (Lipinski definition) is 1. The number of rotatable bonds is 1. The van der Waals surface area contributed by atoms with Crippen molar-refractivity contribution in [3.8, 4) is 0 Å². The van der Waals surface area contributed by atoms with Crippen LogP contribution in [0.4, 0.5) is 0 Å². The standard InChI is InChI=1S/C15H20N2O2/c1-19-14-15(10-6-3-7-11-15)17(18)13(16-14)12-8-4-2-5-9-12/h2,4-5,8-9,13,18H,3,6-7,10-11H2,1H3. The summed E-state index contributed by atoms with van der Waals surface area (Å²) in [6.45, 7) is 0. The molecule has 1 heterocycles. The molecule has 0 aromatic heterocycles. The molecule has 0 saturated heterocycles. The quantitative estimate of drug-likeness (QED) is 0.843. The van der Waals surface area contributed by atoms with Gasteiger partial charge in [0.2, 0.25) is 5.90 Å². The number of nitrogens with zero attached hydrogens (tertiary/aromatic N) is 2. The Balaban J connectivity index is 1.95. The van der Waals surface area contributed by atoms with E-state index in [9.17, 15) is 5.21 Å². The van der Waals surface area contributed by atoms with E-state index in [-0.39, 0.29) is 6.17 Å². The van der Waals surface area contributed by atoms with E-state index in [1.807, 2.05) is 30.3 Å². The van der Waals surface area contributed by atoms with E-state index in [2.05, 4.69) is 4.99 Å². The molecule has 1 spiro atoms. The smallest absolute Gasteiger partial charge is 0.208 e. The fourth-order valence-electron chi connectivity index (χ4n) is 3.28. The fourth-order valence-corrected chi connectivity index (χ4v) is 3.28. The molecule has 19 heavy (non-hydrogen) atoms. The van der Waals surface area contributed by atoms with Gasteiger partial charge in [0.05, 0.1) is 7.11 Å². The highest BCUT2D eigenvalue weighted by molar-refractivity contribution is 5.88. The summed E-state index contributed by atoms with van der Waals surface area (Å²) >= 11 is 0. The minimum Gasteiger partial charge on any atom is -0.483 e. The number of hydroxylamine groups is 2. The maximum absolute atomic E-state index is 10.7. The van der Waals surface area contributed by atoms with Crippen molar-refractivity contribution in [3.63, 3.8) is 0 Å². The van der Waals surface area contributed by atoms with E-state index in [1.165, 1.54) is 11.5 Å². The van der Waals surface area contributed by atoms with Crippen LogP contribution in [0.3, 0.4) is 0 Å². The minimum atomic E-state index is -0.409. The van der Waals surface area contributed by atoms with E-state index < -0.39 is 5.54 Å². The topological polar surface area (TPSA) is 45.1 Å². The van der Waals surface area contributed by atoms with E-state index >= 15 is 0 Å². The molecule has 4 heteroatoms. The Bertz CT molecular complexity index is 466. The van der Waals surface area contributed by atoms with Crippen molar-refractivity contribution >= 4 is 5.90 Å². The van der Waals surface area contributed by atoms with Gasteiger partial charge in [-0.05, 0) is 18.4 Å². The van der Waals surface area contributed by atoms with Gasteiger partial charge >= 0.3 is 0 Å². The lowest BCUT2D eigenvalue weighted by Gasteiger charge is -2.38. The summed E-state index contributed by atoms with van der Waals surface area (Å²) in [5.74, 6) is 0.684. The van der Waals surface area contributed by atoms with E-state index in [0.717, 1.165) is 31.2 Å². The molecule has 1 unspecified atom stereocenters. The third-order valence-corrected chi connectivity index (χ3v) is 4.28. The van der Waals surface area contributed by atoms with Crippen LogP contribution in [0.5, 0.6) is 0 Å². The second-order valence-electron chi connectivity index (χ2n) is 5.36. The number of ether oxygens (including phenoxy) is 1. The molecule has 1 saturated carbocycles. The van der Waals surface area contributed by atoms with Crippen LogP contribution in [0, 0.1) is 0 Å². The lowest BCUT2D eigenvalue weighted by molar-refractivity contribution is -0.180. The van der Waals surface area contributed by atoms with Crippen LogP contribution in [0.2, 0.25) is 0 Å². The van der Waals surface area contributed by atoms with Crippen LogP contribution in [0.1, 0.15) is 43.8 Å². The first-order valence-electron chi connectivity index (χ1n) is 6.93. The van der Waals surface area contributed by atoms with Crippen LogP contribution in [-0.4, -0.2) is 28.8 Å². The second kappa shape index (κ2) is 4.94. The molecule has 1 N–H and O–H groups in total. The third-order valence-electron chi connectivity index (χ3n) is 4.28. The highest BCUT2D eigenvalue weighted by Crippen LogP contribution is 2.44. The normalized spacial score (nSPS) is 26.4. The van der Waals surface area contributed by atoms with Gasteiger partial charge < -0.3 is 9.94 Å². The zero-order chi connectivity index (χ0) is 13.3. The van der Waals surface area contributed by atoms with Gasteiger partial charge in [-0.2, -0.15) is 0 Å². The van der Waals surface area contributed by atoms with Crippen LogP contribution >= 0.6 is 0 Å². The average Bonchev–Trinajstić information content (AvgIpc) is 2.74. The van der Waals surface area contributed by atoms with Crippen LogP contribution in [0.15, 0.2) is 35.3 Å². The number of benzene rings is 1. The Morgan fingerprint density at radius 2 is 1.89 bits per heavy atom. The second-order valence-corrected chi connectivity index (χ2v) is 5.36. The summed E-state index contributed by atoms with van der Waals surface area (Å²) in [7, 11) is 1.65. The molecule has 1 aromatic rings.